The lowest BCUT2D eigenvalue weighted by molar-refractivity contribution is -0.422. The molecule has 0 aromatic rings. The van der Waals surface area contributed by atoms with E-state index in [2.05, 4.69) is 0 Å². The fraction of sp³-hybridized carbons (Fsp3) is 1.00. The van der Waals surface area contributed by atoms with Gasteiger partial charge in [-0.15, -0.1) is 0 Å². The molecule has 0 fully saturated rings. The molecule has 92 valence electrons. The second-order valence-electron chi connectivity index (χ2n) is 2.59. The highest BCUT2D eigenvalue weighted by molar-refractivity contribution is 4.38. The van der Waals surface area contributed by atoms with E-state index in [9.17, 15) is 0 Å². The summed E-state index contributed by atoms with van der Waals surface area (Å²) < 4.78 is 5.11. The molecule has 0 saturated heterocycles. The van der Waals surface area contributed by atoms with Crippen molar-refractivity contribution in [3.63, 3.8) is 0 Å². The highest BCUT2D eigenvalue weighted by Crippen LogP contribution is 2.02. The molecule has 0 aliphatic carbocycles. The third kappa shape index (κ3) is 7.63. The molecular formula is C8H19NO6. The lowest BCUT2D eigenvalue weighted by Gasteiger charge is -2.26. The third-order valence-electron chi connectivity index (χ3n) is 1.37. The Hall–Kier alpha value is -0.280. The van der Waals surface area contributed by atoms with Crippen LogP contribution in [0, 0.1) is 0 Å². The van der Waals surface area contributed by atoms with Gasteiger partial charge in [0, 0.05) is 0 Å². The summed E-state index contributed by atoms with van der Waals surface area (Å²) in [7, 11) is 0. The van der Waals surface area contributed by atoms with Crippen molar-refractivity contribution in [2.45, 2.75) is 13.2 Å². The number of hydrogen-bond acceptors (Lipinski definition) is 7. The summed E-state index contributed by atoms with van der Waals surface area (Å²) in [6, 6.07) is 0. The lowest BCUT2D eigenvalue weighted by atomic mass is 10.6. The van der Waals surface area contributed by atoms with Gasteiger partial charge in [-0.1, -0.05) is 0 Å². The van der Waals surface area contributed by atoms with Gasteiger partial charge in [-0.25, -0.2) is 0 Å². The van der Waals surface area contributed by atoms with E-state index in [1.165, 1.54) is 0 Å². The number of hydrogen-bond donors (Lipinski definition) is 3. The Morgan fingerprint density at radius 3 is 1.80 bits per heavy atom. The summed E-state index contributed by atoms with van der Waals surface area (Å²) >= 11 is 0. The van der Waals surface area contributed by atoms with Gasteiger partial charge in [-0.2, -0.15) is 0 Å². The third-order valence-corrected chi connectivity index (χ3v) is 1.37. The van der Waals surface area contributed by atoms with Crippen molar-refractivity contribution in [1.82, 2.24) is 5.23 Å². The van der Waals surface area contributed by atoms with Crippen LogP contribution in [-0.4, -0.2) is 66.4 Å². The van der Waals surface area contributed by atoms with Crippen molar-refractivity contribution in [3.05, 3.63) is 0 Å². The number of hydroxylamine groups is 2. The summed E-state index contributed by atoms with van der Waals surface area (Å²) in [5.41, 5.74) is 0. The molecule has 15 heavy (non-hydrogen) atoms. The molecule has 7 nitrogen and oxygen atoms in total. The highest BCUT2D eigenvalue weighted by Gasteiger charge is 2.15. The molecule has 0 radical (unpaired) electrons. The minimum Gasteiger partial charge on any atom is -0.394 e. The van der Waals surface area contributed by atoms with E-state index in [0.717, 1.165) is 5.23 Å². The molecule has 0 spiro atoms. The van der Waals surface area contributed by atoms with Crippen LogP contribution in [0.1, 0.15) is 6.92 Å². The minimum absolute atomic E-state index is 0.0677. The van der Waals surface area contributed by atoms with Crippen LogP contribution in [0.3, 0.4) is 0 Å². The van der Waals surface area contributed by atoms with Crippen LogP contribution < -0.4 is 0 Å². The standard InChI is InChI=1S/C8H19NO6/c1-8(13-5-2-10)9(14-6-3-11)15-7-4-12/h8,10-12H,2-7H2,1H3. The van der Waals surface area contributed by atoms with Crippen molar-refractivity contribution in [2.24, 2.45) is 0 Å². The highest BCUT2D eigenvalue weighted by atomic mass is 17.0. The van der Waals surface area contributed by atoms with Gasteiger partial charge in [0.05, 0.1) is 39.6 Å². The van der Waals surface area contributed by atoms with Gasteiger partial charge >= 0.3 is 0 Å². The zero-order valence-corrected chi connectivity index (χ0v) is 8.83. The first kappa shape index (κ1) is 14.7. The molecule has 0 aliphatic rings. The fourth-order valence-corrected chi connectivity index (χ4v) is 0.793. The molecule has 0 bridgehead atoms. The Kier molecular flexibility index (Phi) is 10.1. The average molecular weight is 225 g/mol. The number of aliphatic hydroxyl groups excluding tert-OH is 3. The number of aliphatic hydroxyl groups is 3. The zero-order chi connectivity index (χ0) is 11.5. The monoisotopic (exact) mass is 225 g/mol. The van der Waals surface area contributed by atoms with Crippen LogP contribution in [0.4, 0.5) is 0 Å². The van der Waals surface area contributed by atoms with E-state index in [1.807, 2.05) is 0 Å². The minimum atomic E-state index is -0.532. The smallest absolute Gasteiger partial charge is 0.157 e. The Balaban J connectivity index is 3.84. The van der Waals surface area contributed by atoms with Gasteiger partial charge in [-0.3, -0.25) is 9.68 Å². The first-order valence-corrected chi connectivity index (χ1v) is 4.75. The van der Waals surface area contributed by atoms with Gasteiger partial charge < -0.3 is 20.1 Å². The first-order valence-electron chi connectivity index (χ1n) is 4.75. The van der Waals surface area contributed by atoms with E-state index in [1.54, 1.807) is 6.92 Å². The summed E-state index contributed by atoms with van der Waals surface area (Å²) in [5.74, 6) is 0. The molecule has 0 aliphatic heterocycles. The zero-order valence-electron chi connectivity index (χ0n) is 8.83. The largest absolute Gasteiger partial charge is 0.394 e. The van der Waals surface area contributed by atoms with Crippen molar-refractivity contribution < 1.29 is 29.7 Å². The first-order chi connectivity index (χ1) is 7.26. The molecular weight excluding hydrogens is 206 g/mol. The quantitative estimate of drug-likeness (QED) is 0.307. The lowest BCUT2D eigenvalue weighted by Crippen LogP contribution is -2.37. The van der Waals surface area contributed by atoms with Gasteiger partial charge in [0.25, 0.3) is 0 Å². The normalized spacial score (nSPS) is 13.4. The molecule has 3 N–H and O–H groups in total. The molecule has 0 heterocycles. The van der Waals surface area contributed by atoms with Gasteiger partial charge in [-0.05, 0) is 12.2 Å². The maximum atomic E-state index is 8.56. The number of ether oxygens (including phenoxy) is 1. The Labute approximate surface area is 88.7 Å². The van der Waals surface area contributed by atoms with Crippen LogP contribution in [-0.2, 0) is 14.4 Å². The fourth-order valence-electron chi connectivity index (χ4n) is 0.793. The van der Waals surface area contributed by atoms with Crippen molar-refractivity contribution in [2.75, 3.05) is 39.6 Å². The van der Waals surface area contributed by atoms with Gasteiger partial charge in [0.2, 0.25) is 0 Å². The van der Waals surface area contributed by atoms with Crippen LogP contribution in [0.15, 0.2) is 0 Å². The number of nitrogens with zero attached hydrogens (tertiary/aromatic N) is 1. The van der Waals surface area contributed by atoms with Crippen LogP contribution >= 0.6 is 0 Å². The molecule has 0 aromatic carbocycles. The maximum absolute atomic E-state index is 8.56. The van der Waals surface area contributed by atoms with E-state index in [4.69, 9.17) is 29.7 Å². The predicted molar refractivity (Wildman–Crippen MR) is 50.4 cm³/mol. The summed E-state index contributed by atoms with van der Waals surface area (Å²) in [5, 5.41) is 26.7. The van der Waals surface area contributed by atoms with Gasteiger partial charge in [0.15, 0.2) is 6.23 Å². The molecule has 0 rings (SSSR count). The van der Waals surface area contributed by atoms with Crippen molar-refractivity contribution in [3.8, 4) is 0 Å². The summed E-state index contributed by atoms with van der Waals surface area (Å²) in [4.78, 5) is 9.99. The molecule has 0 saturated carbocycles. The summed E-state index contributed by atoms with van der Waals surface area (Å²) in [6.45, 7) is 1.55. The molecule has 7 heteroatoms. The second-order valence-corrected chi connectivity index (χ2v) is 2.59. The van der Waals surface area contributed by atoms with E-state index in [0.29, 0.717) is 0 Å². The van der Waals surface area contributed by atoms with Crippen LogP contribution in [0.25, 0.3) is 0 Å². The molecule has 0 aromatic heterocycles. The van der Waals surface area contributed by atoms with Crippen LogP contribution in [0.5, 0.6) is 0 Å². The van der Waals surface area contributed by atoms with Crippen molar-refractivity contribution >= 4 is 0 Å². The van der Waals surface area contributed by atoms with E-state index >= 15 is 0 Å². The average Bonchev–Trinajstić information content (AvgIpc) is 2.26. The van der Waals surface area contributed by atoms with Crippen molar-refractivity contribution in [1.29, 1.82) is 0 Å². The second kappa shape index (κ2) is 10.2. The maximum Gasteiger partial charge on any atom is 0.157 e. The van der Waals surface area contributed by atoms with E-state index in [-0.39, 0.29) is 39.6 Å². The summed E-state index contributed by atoms with van der Waals surface area (Å²) in [6.07, 6.45) is -0.532. The van der Waals surface area contributed by atoms with Gasteiger partial charge in [0.1, 0.15) is 0 Å². The number of rotatable bonds is 10. The van der Waals surface area contributed by atoms with E-state index < -0.39 is 6.23 Å². The molecule has 1 atom stereocenters. The molecule has 0 amide bonds. The Morgan fingerprint density at radius 2 is 1.40 bits per heavy atom. The predicted octanol–water partition coefficient (Wildman–Crippen LogP) is -1.51. The SMILES string of the molecule is CC(OCCO)N(OCCO)OCCO. The topological polar surface area (TPSA) is 91.6 Å². The molecule has 1 unspecified atom stereocenters. The Bertz CT molecular complexity index is 128. The van der Waals surface area contributed by atoms with Crippen LogP contribution in [0.2, 0.25) is 0 Å². The Morgan fingerprint density at radius 1 is 0.933 bits per heavy atom.